The van der Waals surface area contributed by atoms with Crippen LogP contribution in [0.4, 0.5) is 10.5 Å². The van der Waals surface area contributed by atoms with Crippen LogP contribution in [0, 0.1) is 0 Å². The summed E-state index contributed by atoms with van der Waals surface area (Å²) in [6.45, 7) is 0. The summed E-state index contributed by atoms with van der Waals surface area (Å²) in [5.74, 6) is -0.158. The molecule has 0 fully saturated rings. The van der Waals surface area contributed by atoms with Crippen LogP contribution in [0.2, 0.25) is 5.02 Å². The molecule has 166 valence electrons. The van der Waals surface area contributed by atoms with E-state index in [1.807, 2.05) is 36.4 Å². The van der Waals surface area contributed by atoms with Gasteiger partial charge in [-0.25, -0.2) is 9.59 Å². The first-order valence-corrected chi connectivity index (χ1v) is 10.3. The Kier molecular flexibility index (Phi) is 6.66. The number of hydrogen-bond acceptors (Lipinski definition) is 6. The minimum atomic E-state index is -0.750. The van der Waals surface area contributed by atoms with Gasteiger partial charge in [-0.1, -0.05) is 66.2 Å². The fraction of sp³-hybridized carbons (Fsp3) is 0.0833. The van der Waals surface area contributed by atoms with Crippen molar-refractivity contribution in [2.75, 3.05) is 12.4 Å². The van der Waals surface area contributed by atoms with Gasteiger partial charge < -0.3 is 19.8 Å². The van der Waals surface area contributed by atoms with Crippen molar-refractivity contribution in [3.63, 3.8) is 0 Å². The lowest BCUT2D eigenvalue weighted by Crippen LogP contribution is -2.34. The fourth-order valence-corrected chi connectivity index (χ4v) is 3.41. The average molecular weight is 463 g/mol. The van der Waals surface area contributed by atoms with Crippen molar-refractivity contribution >= 4 is 29.3 Å². The first-order valence-electron chi connectivity index (χ1n) is 9.95. The van der Waals surface area contributed by atoms with Gasteiger partial charge >= 0.3 is 12.0 Å². The Morgan fingerprint density at radius 3 is 2.39 bits per heavy atom. The maximum atomic E-state index is 12.9. The van der Waals surface area contributed by atoms with E-state index in [9.17, 15) is 9.59 Å². The number of nitrogens with one attached hydrogen (secondary N) is 2. The van der Waals surface area contributed by atoms with Gasteiger partial charge in [0.2, 0.25) is 11.8 Å². The number of ether oxygens (including phenoxy) is 1. The number of methoxy groups -OCH3 is 1. The van der Waals surface area contributed by atoms with Gasteiger partial charge in [0.1, 0.15) is 6.04 Å². The Hall–Kier alpha value is -4.17. The summed E-state index contributed by atoms with van der Waals surface area (Å²) in [7, 11) is 1.27. The predicted molar refractivity (Wildman–Crippen MR) is 123 cm³/mol. The third kappa shape index (κ3) is 5.02. The molecule has 0 aliphatic carbocycles. The number of anilines is 1. The van der Waals surface area contributed by atoms with Gasteiger partial charge in [0.25, 0.3) is 0 Å². The van der Waals surface area contributed by atoms with Crippen LogP contribution in [0.5, 0.6) is 0 Å². The highest BCUT2D eigenvalue weighted by atomic mass is 35.5. The Morgan fingerprint density at radius 1 is 0.939 bits per heavy atom. The molecular weight excluding hydrogens is 444 g/mol. The summed E-state index contributed by atoms with van der Waals surface area (Å²) in [5.41, 5.74) is 1.84. The number of hydrogen-bond donors (Lipinski definition) is 2. The van der Waals surface area contributed by atoms with Crippen molar-refractivity contribution in [3.8, 4) is 11.5 Å². The van der Waals surface area contributed by atoms with Crippen molar-refractivity contribution in [3.05, 3.63) is 101 Å². The summed E-state index contributed by atoms with van der Waals surface area (Å²) >= 11 is 6.25. The Balaban J connectivity index is 1.62. The highest BCUT2D eigenvalue weighted by Crippen LogP contribution is 2.29. The van der Waals surface area contributed by atoms with Gasteiger partial charge in [0.05, 0.1) is 28.9 Å². The number of nitrogens with zero attached hydrogens (tertiary/aromatic N) is 2. The van der Waals surface area contributed by atoms with E-state index < -0.39 is 18.0 Å². The number of carbonyl (C=O) groups is 2. The summed E-state index contributed by atoms with van der Waals surface area (Å²) in [5, 5.41) is 14.2. The molecule has 0 aliphatic heterocycles. The summed E-state index contributed by atoms with van der Waals surface area (Å²) in [6.07, 6.45) is 0. The number of esters is 1. The van der Waals surface area contributed by atoms with Crippen molar-refractivity contribution in [2.45, 2.75) is 6.04 Å². The summed E-state index contributed by atoms with van der Waals surface area (Å²) < 4.78 is 10.7. The Bertz CT molecular complexity index is 1280. The summed E-state index contributed by atoms with van der Waals surface area (Å²) in [4.78, 5) is 24.9. The molecule has 4 aromatic rings. The third-order valence-corrected chi connectivity index (χ3v) is 5.11. The van der Waals surface area contributed by atoms with Gasteiger partial charge in [0, 0.05) is 0 Å². The zero-order chi connectivity index (χ0) is 23.2. The molecular formula is C24H19ClN4O4. The maximum absolute atomic E-state index is 12.9. The van der Waals surface area contributed by atoms with E-state index in [0.29, 0.717) is 16.3 Å². The molecule has 0 saturated heterocycles. The number of rotatable bonds is 6. The lowest BCUT2D eigenvalue weighted by molar-refractivity contribution is 0.0602. The molecule has 1 heterocycles. The van der Waals surface area contributed by atoms with Crippen LogP contribution >= 0.6 is 11.6 Å². The number of carbonyl (C=O) groups excluding carboxylic acids is 2. The number of amides is 2. The Labute approximate surface area is 194 Å². The molecule has 2 N–H and O–H groups in total. The molecule has 3 aromatic carbocycles. The first kappa shape index (κ1) is 22.0. The third-order valence-electron chi connectivity index (χ3n) is 4.78. The average Bonchev–Trinajstić information content (AvgIpc) is 3.33. The molecule has 0 radical (unpaired) electrons. The second-order valence-electron chi connectivity index (χ2n) is 6.90. The van der Waals surface area contributed by atoms with Crippen LogP contribution in [-0.4, -0.2) is 29.3 Å². The van der Waals surface area contributed by atoms with Crippen molar-refractivity contribution < 1.29 is 18.7 Å². The van der Waals surface area contributed by atoms with Crippen LogP contribution in [0.3, 0.4) is 0 Å². The lowest BCUT2D eigenvalue weighted by Gasteiger charge is -2.17. The fourth-order valence-electron chi connectivity index (χ4n) is 3.20. The van der Waals surface area contributed by atoms with E-state index in [1.54, 1.807) is 42.5 Å². The monoisotopic (exact) mass is 462 g/mol. The number of halogens is 1. The standard InChI is InChI=1S/C24H19ClN4O4/c1-32-23(30)17-12-6-8-14-19(17)26-24(31)27-20(15-9-3-2-4-10-15)22-29-28-21(33-22)16-11-5-7-13-18(16)25/h2-14,20H,1H3,(H2,26,27,31). The van der Waals surface area contributed by atoms with E-state index in [0.717, 1.165) is 5.56 Å². The Morgan fingerprint density at radius 2 is 1.64 bits per heavy atom. The zero-order valence-corrected chi connectivity index (χ0v) is 18.2. The lowest BCUT2D eigenvalue weighted by atomic mass is 10.1. The van der Waals surface area contributed by atoms with Crippen molar-refractivity contribution in [1.82, 2.24) is 15.5 Å². The van der Waals surface area contributed by atoms with Gasteiger partial charge in [-0.2, -0.15) is 0 Å². The molecule has 1 unspecified atom stereocenters. The van der Waals surface area contributed by atoms with Crippen LogP contribution < -0.4 is 10.6 Å². The normalized spacial score (nSPS) is 11.5. The molecule has 0 saturated carbocycles. The van der Waals surface area contributed by atoms with Crippen molar-refractivity contribution in [2.24, 2.45) is 0 Å². The zero-order valence-electron chi connectivity index (χ0n) is 17.5. The van der Waals surface area contributed by atoms with Gasteiger partial charge in [-0.05, 0) is 29.8 Å². The smallest absolute Gasteiger partial charge is 0.339 e. The van der Waals surface area contributed by atoms with E-state index in [1.165, 1.54) is 7.11 Å². The molecule has 0 spiro atoms. The number of aromatic nitrogens is 2. The molecule has 1 atom stereocenters. The largest absolute Gasteiger partial charge is 0.465 e. The molecule has 8 nitrogen and oxygen atoms in total. The van der Waals surface area contributed by atoms with Gasteiger partial charge in [0.15, 0.2) is 0 Å². The van der Waals surface area contributed by atoms with Crippen LogP contribution in [0.1, 0.15) is 27.9 Å². The van der Waals surface area contributed by atoms with Gasteiger partial charge in [-0.3, -0.25) is 0 Å². The van der Waals surface area contributed by atoms with E-state index in [2.05, 4.69) is 20.8 Å². The second-order valence-corrected chi connectivity index (χ2v) is 7.31. The van der Waals surface area contributed by atoms with E-state index in [-0.39, 0.29) is 17.3 Å². The molecule has 0 bridgehead atoms. The van der Waals surface area contributed by atoms with E-state index >= 15 is 0 Å². The summed E-state index contributed by atoms with van der Waals surface area (Å²) in [6, 6.07) is 21.5. The van der Waals surface area contributed by atoms with Gasteiger partial charge in [-0.15, -0.1) is 10.2 Å². The predicted octanol–water partition coefficient (Wildman–Crippen LogP) is 5.09. The van der Waals surface area contributed by atoms with Crippen molar-refractivity contribution in [1.29, 1.82) is 0 Å². The topological polar surface area (TPSA) is 106 Å². The minimum Gasteiger partial charge on any atom is -0.465 e. The minimum absolute atomic E-state index is 0.174. The van der Waals surface area contributed by atoms with Crippen LogP contribution in [0.15, 0.2) is 83.3 Å². The van der Waals surface area contributed by atoms with Crippen LogP contribution in [0.25, 0.3) is 11.5 Å². The molecule has 4 rings (SSSR count). The highest BCUT2D eigenvalue weighted by Gasteiger charge is 2.24. The molecule has 33 heavy (non-hydrogen) atoms. The van der Waals surface area contributed by atoms with Crippen LogP contribution in [-0.2, 0) is 4.74 Å². The molecule has 9 heteroatoms. The highest BCUT2D eigenvalue weighted by molar-refractivity contribution is 6.33. The molecule has 1 aromatic heterocycles. The van der Waals surface area contributed by atoms with E-state index in [4.69, 9.17) is 20.8 Å². The maximum Gasteiger partial charge on any atom is 0.339 e. The second kappa shape index (κ2) is 9.97. The molecule has 0 aliphatic rings. The SMILES string of the molecule is COC(=O)c1ccccc1NC(=O)NC(c1ccccc1)c1nnc(-c2ccccc2Cl)o1. The number of urea groups is 1. The quantitative estimate of drug-likeness (QED) is 0.387. The molecule has 2 amide bonds. The number of para-hydroxylation sites is 1. The first-order chi connectivity index (χ1) is 16.1. The number of benzene rings is 3.